The second kappa shape index (κ2) is 10.4. The van der Waals surface area contributed by atoms with Gasteiger partial charge < -0.3 is 24.3 Å². The number of hydrogen-bond donors (Lipinski definition) is 1. The standard InChI is InChI=1S/C31H26N4O2S/c1-36-24-16-18-26(19-17-24)37-25-14-12-23(13-15-25)35-30(29(33-31(35)38)27-10-5-6-20-32-27)28-11-7-21-34(28)22-8-3-2-4-9-22/h2-21,29-30H,1H3,(H,33,38). The number of methoxy groups -OCH3 is 1. The van der Waals surface area contributed by atoms with E-state index in [1.54, 1.807) is 7.11 Å². The highest BCUT2D eigenvalue weighted by Gasteiger charge is 2.42. The van der Waals surface area contributed by atoms with Gasteiger partial charge in [-0.1, -0.05) is 24.3 Å². The van der Waals surface area contributed by atoms with Crippen molar-refractivity contribution in [2.24, 2.45) is 0 Å². The molecule has 7 heteroatoms. The van der Waals surface area contributed by atoms with Crippen LogP contribution < -0.4 is 19.7 Å². The van der Waals surface area contributed by atoms with Gasteiger partial charge in [-0.2, -0.15) is 0 Å². The lowest BCUT2D eigenvalue weighted by atomic mass is 10.0. The number of benzene rings is 3. The van der Waals surface area contributed by atoms with Crippen LogP contribution in [-0.2, 0) is 0 Å². The number of pyridine rings is 1. The SMILES string of the molecule is COc1ccc(Oc2ccc(N3C(=S)NC(c4ccccn4)C3c3cccn3-c3ccccc3)cc2)cc1. The van der Waals surface area contributed by atoms with Crippen LogP contribution in [0.5, 0.6) is 17.2 Å². The minimum absolute atomic E-state index is 0.124. The minimum atomic E-state index is -0.128. The Hall–Kier alpha value is -4.62. The fourth-order valence-electron chi connectivity index (χ4n) is 4.85. The van der Waals surface area contributed by atoms with E-state index < -0.39 is 0 Å². The highest BCUT2D eigenvalue weighted by molar-refractivity contribution is 7.80. The second-order valence-electron chi connectivity index (χ2n) is 8.91. The zero-order valence-corrected chi connectivity index (χ0v) is 21.6. The molecule has 1 N–H and O–H groups in total. The molecule has 3 aromatic carbocycles. The van der Waals surface area contributed by atoms with Gasteiger partial charge in [-0.25, -0.2) is 0 Å². The lowest BCUT2D eigenvalue weighted by molar-refractivity contribution is 0.413. The van der Waals surface area contributed by atoms with Crippen LogP contribution in [0, 0.1) is 0 Å². The average Bonchev–Trinajstić information content (AvgIpc) is 3.59. The molecule has 0 spiro atoms. The van der Waals surface area contributed by atoms with Crippen molar-refractivity contribution in [2.45, 2.75) is 12.1 Å². The van der Waals surface area contributed by atoms with Crippen LogP contribution in [-0.4, -0.2) is 21.8 Å². The van der Waals surface area contributed by atoms with E-state index in [0.29, 0.717) is 5.11 Å². The molecule has 0 saturated carbocycles. The topological polar surface area (TPSA) is 51.6 Å². The van der Waals surface area contributed by atoms with Crippen LogP contribution in [0.2, 0.25) is 0 Å². The van der Waals surface area contributed by atoms with Gasteiger partial charge in [-0.3, -0.25) is 4.98 Å². The molecule has 3 heterocycles. The summed E-state index contributed by atoms with van der Waals surface area (Å²) >= 11 is 5.91. The Bertz CT molecular complexity index is 1520. The predicted octanol–water partition coefficient (Wildman–Crippen LogP) is 6.85. The zero-order valence-electron chi connectivity index (χ0n) is 20.8. The summed E-state index contributed by atoms with van der Waals surface area (Å²) in [5, 5.41) is 4.19. The number of hydrogen-bond acceptors (Lipinski definition) is 4. The smallest absolute Gasteiger partial charge is 0.174 e. The van der Waals surface area contributed by atoms with Crippen molar-refractivity contribution in [2.75, 3.05) is 12.0 Å². The molecule has 1 aliphatic heterocycles. The number of thiocarbonyl (C=S) groups is 1. The number of nitrogens with zero attached hydrogens (tertiary/aromatic N) is 3. The average molecular weight is 519 g/mol. The maximum atomic E-state index is 6.05. The van der Waals surface area contributed by atoms with Gasteiger partial charge in [0.25, 0.3) is 0 Å². The summed E-state index contributed by atoms with van der Waals surface area (Å²) in [5.74, 6) is 2.27. The number of aromatic nitrogens is 2. The largest absolute Gasteiger partial charge is 0.497 e. The number of para-hydroxylation sites is 1. The van der Waals surface area contributed by atoms with E-state index in [-0.39, 0.29) is 12.1 Å². The molecule has 1 saturated heterocycles. The van der Waals surface area contributed by atoms with Crippen LogP contribution >= 0.6 is 12.2 Å². The van der Waals surface area contributed by atoms with Crippen LogP contribution in [0.15, 0.2) is 122 Å². The molecule has 5 aromatic rings. The van der Waals surface area contributed by atoms with E-state index in [2.05, 4.69) is 50.2 Å². The first-order chi connectivity index (χ1) is 18.7. The fourth-order valence-corrected chi connectivity index (χ4v) is 5.19. The highest BCUT2D eigenvalue weighted by Crippen LogP contribution is 2.42. The molecule has 2 unspecified atom stereocenters. The molecule has 6 rings (SSSR count). The van der Waals surface area contributed by atoms with Crippen molar-refractivity contribution in [3.63, 3.8) is 0 Å². The van der Waals surface area contributed by atoms with Gasteiger partial charge in [-0.05, 0) is 97.1 Å². The first kappa shape index (κ1) is 23.8. The summed E-state index contributed by atoms with van der Waals surface area (Å²) in [6, 6.07) is 35.8. The van der Waals surface area contributed by atoms with E-state index in [1.165, 1.54) is 0 Å². The molecule has 188 valence electrons. The highest BCUT2D eigenvalue weighted by atomic mass is 32.1. The second-order valence-corrected chi connectivity index (χ2v) is 9.29. The summed E-state index contributed by atoms with van der Waals surface area (Å²) in [6.07, 6.45) is 3.91. The Kier molecular flexibility index (Phi) is 6.50. The third-order valence-corrected chi connectivity index (χ3v) is 6.94. The summed E-state index contributed by atoms with van der Waals surface area (Å²) < 4.78 is 13.5. The van der Waals surface area contributed by atoms with E-state index in [4.69, 9.17) is 21.7 Å². The van der Waals surface area contributed by atoms with Gasteiger partial charge in [0.05, 0.1) is 18.8 Å². The van der Waals surface area contributed by atoms with Gasteiger partial charge in [0.1, 0.15) is 23.3 Å². The Morgan fingerprint density at radius 3 is 2.11 bits per heavy atom. The number of nitrogens with one attached hydrogen (secondary N) is 1. The normalized spacial score (nSPS) is 16.8. The van der Waals surface area contributed by atoms with Crippen molar-refractivity contribution >= 4 is 23.0 Å². The van der Waals surface area contributed by atoms with Gasteiger partial charge >= 0.3 is 0 Å². The van der Waals surface area contributed by atoms with E-state index >= 15 is 0 Å². The fraction of sp³-hybridized carbons (Fsp3) is 0.0968. The Labute approximate surface area is 227 Å². The quantitative estimate of drug-likeness (QED) is 0.238. The molecule has 6 nitrogen and oxygen atoms in total. The molecular weight excluding hydrogens is 492 g/mol. The van der Waals surface area contributed by atoms with Gasteiger partial charge in [0.2, 0.25) is 0 Å². The van der Waals surface area contributed by atoms with Crippen LogP contribution in [0.1, 0.15) is 23.5 Å². The first-order valence-electron chi connectivity index (χ1n) is 12.4. The summed E-state index contributed by atoms with van der Waals surface area (Å²) in [4.78, 5) is 6.84. The Morgan fingerprint density at radius 2 is 1.42 bits per heavy atom. The number of ether oxygens (including phenoxy) is 2. The maximum absolute atomic E-state index is 6.05. The molecule has 2 atom stereocenters. The van der Waals surface area contributed by atoms with Gasteiger partial charge in [-0.15, -0.1) is 0 Å². The third kappa shape index (κ3) is 4.60. The first-order valence-corrected chi connectivity index (χ1v) is 12.8. The summed E-state index contributed by atoms with van der Waals surface area (Å²) in [6.45, 7) is 0. The van der Waals surface area contributed by atoms with Crippen LogP contribution in [0.3, 0.4) is 0 Å². The van der Waals surface area contributed by atoms with Gasteiger partial charge in [0, 0.05) is 29.5 Å². The lowest BCUT2D eigenvalue weighted by Gasteiger charge is -2.29. The molecule has 0 radical (unpaired) electrons. The molecular formula is C31H26N4O2S. The molecule has 2 aromatic heterocycles. The molecule has 0 bridgehead atoms. The molecule has 0 amide bonds. The Morgan fingerprint density at radius 1 is 0.737 bits per heavy atom. The van der Waals surface area contributed by atoms with Crippen molar-refractivity contribution in [1.29, 1.82) is 0 Å². The number of anilines is 1. The monoisotopic (exact) mass is 518 g/mol. The lowest BCUT2D eigenvalue weighted by Crippen LogP contribution is -2.30. The Balaban J connectivity index is 1.36. The molecule has 1 aliphatic rings. The van der Waals surface area contributed by atoms with E-state index in [0.717, 1.165) is 40.0 Å². The minimum Gasteiger partial charge on any atom is -0.497 e. The molecule has 1 fully saturated rings. The zero-order chi connectivity index (χ0) is 25.9. The third-order valence-electron chi connectivity index (χ3n) is 6.63. The number of rotatable bonds is 7. The van der Waals surface area contributed by atoms with Gasteiger partial charge in [0.15, 0.2) is 5.11 Å². The molecule has 38 heavy (non-hydrogen) atoms. The van der Waals surface area contributed by atoms with Crippen molar-refractivity contribution in [3.05, 3.63) is 133 Å². The summed E-state index contributed by atoms with van der Waals surface area (Å²) in [5.41, 5.74) is 4.10. The van der Waals surface area contributed by atoms with Crippen LogP contribution in [0.4, 0.5) is 5.69 Å². The van der Waals surface area contributed by atoms with Crippen molar-refractivity contribution in [1.82, 2.24) is 14.9 Å². The predicted molar refractivity (Wildman–Crippen MR) is 153 cm³/mol. The van der Waals surface area contributed by atoms with E-state index in [9.17, 15) is 0 Å². The molecule has 0 aliphatic carbocycles. The van der Waals surface area contributed by atoms with Crippen molar-refractivity contribution in [3.8, 4) is 22.9 Å². The summed E-state index contributed by atoms with van der Waals surface area (Å²) in [7, 11) is 1.65. The maximum Gasteiger partial charge on any atom is 0.174 e. The van der Waals surface area contributed by atoms with Crippen molar-refractivity contribution < 1.29 is 9.47 Å². The van der Waals surface area contributed by atoms with Crippen LogP contribution in [0.25, 0.3) is 5.69 Å². The van der Waals surface area contributed by atoms with E-state index in [1.807, 2.05) is 91.1 Å².